The highest BCUT2D eigenvalue weighted by Gasteiger charge is 2.25. The Morgan fingerprint density at radius 3 is 2.79 bits per heavy atom. The van der Waals surface area contributed by atoms with Crippen LogP contribution in [0, 0.1) is 5.92 Å². The highest BCUT2D eigenvalue weighted by molar-refractivity contribution is 5.99. The van der Waals surface area contributed by atoms with Crippen LogP contribution in [-0.4, -0.2) is 42.7 Å². The molecule has 0 aliphatic heterocycles. The highest BCUT2D eigenvalue weighted by Crippen LogP contribution is 2.27. The lowest BCUT2D eigenvalue weighted by molar-refractivity contribution is 0.0656. The van der Waals surface area contributed by atoms with Gasteiger partial charge in [-0.05, 0) is 33.0 Å². The molecule has 2 aromatic rings. The number of hydrogen-bond donors (Lipinski definition) is 2. The predicted molar refractivity (Wildman–Crippen MR) is 93.9 cm³/mol. The summed E-state index contributed by atoms with van der Waals surface area (Å²) in [6.45, 7) is 1.14. The van der Waals surface area contributed by atoms with Crippen molar-refractivity contribution in [3.8, 4) is 0 Å². The quantitative estimate of drug-likeness (QED) is 0.885. The smallest absolute Gasteiger partial charge is 0.287 e. The van der Waals surface area contributed by atoms with E-state index in [4.69, 9.17) is 4.42 Å². The molecule has 2 N–H and O–H groups in total. The second-order valence-corrected chi connectivity index (χ2v) is 6.97. The molecule has 0 saturated heterocycles. The van der Waals surface area contributed by atoms with Crippen molar-refractivity contribution in [1.29, 1.82) is 0 Å². The first-order valence-electron chi connectivity index (χ1n) is 8.67. The Morgan fingerprint density at radius 2 is 2.04 bits per heavy atom. The standard InChI is InChI=1S/C19H26N2O3/c1-21(2)12-15-14-8-4-6-10-17(14)24-18(15)19(23)20-11-13-7-3-5-9-16(13)22/h4,6,8,10,13,16,22H,3,5,7,9,11-12H2,1-2H3,(H,20,23)/t13-,16-/m0/s1. The number of aliphatic hydroxyl groups is 1. The summed E-state index contributed by atoms with van der Waals surface area (Å²) in [5, 5.41) is 14.0. The van der Waals surface area contributed by atoms with Crippen LogP contribution in [0.2, 0.25) is 0 Å². The molecule has 1 fully saturated rings. The molecule has 1 saturated carbocycles. The fraction of sp³-hybridized carbons (Fsp3) is 0.526. The second-order valence-electron chi connectivity index (χ2n) is 6.97. The van der Waals surface area contributed by atoms with Crippen molar-refractivity contribution in [3.63, 3.8) is 0 Å². The van der Waals surface area contributed by atoms with E-state index in [1.165, 1.54) is 0 Å². The van der Waals surface area contributed by atoms with Crippen molar-refractivity contribution in [1.82, 2.24) is 10.2 Å². The molecule has 1 aliphatic rings. The van der Waals surface area contributed by atoms with Gasteiger partial charge >= 0.3 is 0 Å². The largest absolute Gasteiger partial charge is 0.451 e. The van der Waals surface area contributed by atoms with E-state index in [9.17, 15) is 9.90 Å². The van der Waals surface area contributed by atoms with Crippen LogP contribution in [0.5, 0.6) is 0 Å². The minimum absolute atomic E-state index is 0.143. The summed E-state index contributed by atoms with van der Waals surface area (Å²) < 4.78 is 5.83. The molecule has 3 rings (SSSR count). The summed E-state index contributed by atoms with van der Waals surface area (Å²) in [5.74, 6) is 0.334. The lowest BCUT2D eigenvalue weighted by Crippen LogP contribution is -2.36. The Morgan fingerprint density at radius 1 is 1.29 bits per heavy atom. The topological polar surface area (TPSA) is 65.7 Å². The van der Waals surface area contributed by atoms with Gasteiger partial charge in [0.05, 0.1) is 6.10 Å². The maximum absolute atomic E-state index is 12.7. The van der Waals surface area contributed by atoms with Gasteiger partial charge in [0.15, 0.2) is 5.76 Å². The molecule has 1 amide bonds. The molecule has 1 aliphatic carbocycles. The molecule has 1 aromatic heterocycles. The number of benzene rings is 1. The van der Waals surface area contributed by atoms with Gasteiger partial charge in [-0.1, -0.05) is 31.0 Å². The fourth-order valence-electron chi connectivity index (χ4n) is 3.49. The summed E-state index contributed by atoms with van der Waals surface area (Å²) in [4.78, 5) is 14.7. The lowest BCUT2D eigenvalue weighted by atomic mass is 9.86. The van der Waals surface area contributed by atoms with E-state index in [0.29, 0.717) is 18.8 Å². The van der Waals surface area contributed by atoms with Crippen LogP contribution in [-0.2, 0) is 6.54 Å². The first-order valence-corrected chi connectivity index (χ1v) is 8.67. The van der Waals surface area contributed by atoms with Crippen LogP contribution >= 0.6 is 0 Å². The maximum atomic E-state index is 12.7. The van der Waals surface area contributed by atoms with Crippen LogP contribution in [0.15, 0.2) is 28.7 Å². The monoisotopic (exact) mass is 330 g/mol. The van der Waals surface area contributed by atoms with Crippen molar-refractivity contribution < 1.29 is 14.3 Å². The number of nitrogens with zero attached hydrogens (tertiary/aromatic N) is 1. The third-order valence-electron chi connectivity index (χ3n) is 4.77. The molecule has 5 nitrogen and oxygen atoms in total. The summed E-state index contributed by atoms with van der Waals surface area (Å²) in [7, 11) is 3.95. The van der Waals surface area contributed by atoms with Gasteiger partial charge in [-0.15, -0.1) is 0 Å². The molecule has 130 valence electrons. The molecule has 24 heavy (non-hydrogen) atoms. The minimum atomic E-state index is -0.309. The summed E-state index contributed by atoms with van der Waals surface area (Å²) in [6.07, 6.45) is 3.68. The zero-order valence-electron chi connectivity index (χ0n) is 14.4. The van der Waals surface area contributed by atoms with Crippen LogP contribution in [0.3, 0.4) is 0 Å². The maximum Gasteiger partial charge on any atom is 0.287 e. The first kappa shape index (κ1) is 17.0. The molecular formula is C19H26N2O3. The van der Waals surface area contributed by atoms with Crippen molar-refractivity contribution in [2.45, 2.75) is 38.3 Å². The molecule has 0 radical (unpaired) electrons. The van der Waals surface area contributed by atoms with Crippen molar-refractivity contribution in [2.75, 3.05) is 20.6 Å². The van der Waals surface area contributed by atoms with Gasteiger partial charge in [-0.2, -0.15) is 0 Å². The average molecular weight is 330 g/mol. The molecule has 2 atom stereocenters. The number of carbonyl (C=O) groups excluding carboxylic acids is 1. The summed E-state index contributed by atoms with van der Waals surface area (Å²) >= 11 is 0. The Balaban J connectivity index is 1.78. The first-order chi connectivity index (χ1) is 11.6. The van der Waals surface area contributed by atoms with Crippen molar-refractivity contribution >= 4 is 16.9 Å². The number of fused-ring (bicyclic) bond motifs is 1. The number of nitrogens with one attached hydrogen (secondary N) is 1. The number of amides is 1. The van der Waals surface area contributed by atoms with E-state index in [2.05, 4.69) is 5.32 Å². The highest BCUT2D eigenvalue weighted by atomic mass is 16.3. The number of para-hydroxylation sites is 1. The van der Waals surface area contributed by atoms with E-state index in [1.54, 1.807) is 0 Å². The van der Waals surface area contributed by atoms with Gasteiger partial charge in [0, 0.05) is 30.0 Å². The average Bonchev–Trinajstić information content (AvgIpc) is 2.92. The van der Waals surface area contributed by atoms with Gasteiger partial charge in [-0.25, -0.2) is 0 Å². The Kier molecular flexibility index (Phi) is 5.21. The number of aliphatic hydroxyl groups excluding tert-OH is 1. The number of carbonyl (C=O) groups is 1. The van der Waals surface area contributed by atoms with E-state index in [0.717, 1.165) is 42.2 Å². The van der Waals surface area contributed by atoms with Crippen LogP contribution < -0.4 is 5.32 Å². The zero-order valence-corrected chi connectivity index (χ0v) is 14.4. The second kappa shape index (κ2) is 7.36. The number of rotatable bonds is 5. The zero-order chi connectivity index (χ0) is 17.1. The normalized spacial score (nSPS) is 21.3. The van der Waals surface area contributed by atoms with E-state index >= 15 is 0 Å². The van der Waals surface area contributed by atoms with Gasteiger partial charge in [0.25, 0.3) is 5.91 Å². The van der Waals surface area contributed by atoms with E-state index in [1.807, 2.05) is 43.3 Å². The van der Waals surface area contributed by atoms with Crippen LogP contribution in [0.25, 0.3) is 11.0 Å². The Labute approximate surface area is 142 Å². The fourth-order valence-corrected chi connectivity index (χ4v) is 3.49. The molecule has 5 heteroatoms. The lowest BCUT2D eigenvalue weighted by Gasteiger charge is -2.27. The molecule has 1 heterocycles. The third-order valence-corrected chi connectivity index (χ3v) is 4.77. The van der Waals surface area contributed by atoms with Gasteiger partial charge in [0.1, 0.15) is 5.58 Å². The Bertz CT molecular complexity index is 708. The number of furan rings is 1. The van der Waals surface area contributed by atoms with Crippen LogP contribution in [0.1, 0.15) is 41.8 Å². The van der Waals surface area contributed by atoms with Gasteiger partial charge < -0.3 is 19.7 Å². The molecule has 0 spiro atoms. The summed E-state index contributed by atoms with van der Waals surface area (Å²) in [6, 6.07) is 7.73. The predicted octanol–water partition coefficient (Wildman–Crippen LogP) is 2.78. The molecule has 0 unspecified atom stereocenters. The van der Waals surface area contributed by atoms with Crippen molar-refractivity contribution in [3.05, 3.63) is 35.6 Å². The van der Waals surface area contributed by atoms with Gasteiger partial charge in [0.2, 0.25) is 0 Å². The van der Waals surface area contributed by atoms with Crippen molar-refractivity contribution in [2.24, 2.45) is 5.92 Å². The van der Waals surface area contributed by atoms with Gasteiger partial charge in [-0.3, -0.25) is 4.79 Å². The minimum Gasteiger partial charge on any atom is -0.451 e. The summed E-state index contributed by atoms with van der Waals surface area (Å²) in [5.41, 5.74) is 1.65. The molecule has 0 bridgehead atoms. The van der Waals surface area contributed by atoms with E-state index in [-0.39, 0.29) is 17.9 Å². The number of hydrogen-bond acceptors (Lipinski definition) is 4. The van der Waals surface area contributed by atoms with Crippen LogP contribution in [0.4, 0.5) is 0 Å². The SMILES string of the molecule is CN(C)Cc1c(C(=O)NC[C@@H]2CCCC[C@@H]2O)oc2ccccc12. The molecule has 1 aromatic carbocycles. The third kappa shape index (κ3) is 3.62. The van der Waals surface area contributed by atoms with E-state index < -0.39 is 0 Å². The molecular weight excluding hydrogens is 304 g/mol. The Hall–Kier alpha value is -1.85.